The van der Waals surface area contributed by atoms with Crippen LogP contribution in [-0.2, 0) is 20.9 Å². The maximum Gasteiger partial charge on any atom is 0.305 e. The van der Waals surface area contributed by atoms with E-state index in [2.05, 4.69) is 29.2 Å². The molecule has 1 aromatic carbocycles. The number of carbonyl (C=O) groups is 2. The summed E-state index contributed by atoms with van der Waals surface area (Å²) in [5.74, 6) is -0.0679. The lowest BCUT2D eigenvalue weighted by Crippen LogP contribution is -2.48. The molecule has 1 fully saturated rings. The van der Waals surface area contributed by atoms with Gasteiger partial charge in [-0.05, 0) is 18.9 Å². The topological polar surface area (TPSA) is 49.9 Å². The molecule has 0 radical (unpaired) electrons. The lowest BCUT2D eigenvalue weighted by Gasteiger charge is -2.34. The number of esters is 1. The highest BCUT2D eigenvalue weighted by Crippen LogP contribution is 2.10. The van der Waals surface area contributed by atoms with Crippen LogP contribution in [0.2, 0.25) is 0 Å². The second-order valence-corrected chi connectivity index (χ2v) is 5.80. The van der Waals surface area contributed by atoms with Crippen molar-refractivity contribution in [2.75, 3.05) is 32.8 Å². The Hall–Kier alpha value is -1.88. The molecule has 126 valence electrons. The smallest absolute Gasteiger partial charge is 0.305 e. The third-order valence-electron chi connectivity index (χ3n) is 4.05. The molecule has 0 bridgehead atoms. The summed E-state index contributed by atoms with van der Waals surface area (Å²) >= 11 is 0. The fourth-order valence-electron chi connectivity index (χ4n) is 2.77. The zero-order valence-electron chi connectivity index (χ0n) is 13.9. The summed E-state index contributed by atoms with van der Waals surface area (Å²) in [4.78, 5) is 27.7. The quantitative estimate of drug-likeness (QED) is 0.722. The predicted octanol–water partition coefficient (Wildman–Crippen LogP) is 2.06. The van der Waals surface area contributed by atoms with Gasteiger partial charge in [-0.25, -0.2) is 0 Å². The molecule has 1 amide bonds. The minimum absolute atomic E-state index is 0.147. The Balaban J connectivity index is 1.65. The van der Waals surface area contributed by atoms with Crippen molar-refractivity contribution in [2.45, 2.75) is 32.7 Å². The summed E-state index contributed by atoms with van der Waals surface area (Å²) in [6, 6.07) is 10.4. The van der Waals surface area contributed by atoms with Gasteiger partial charge in [0, 0.05) is 45.6 Å². The van der Waals surface area contributed by atoms with E-state index >= 15 is 0 Å². The van der Waals surface area contributed by atoms with E-state index in [1.165, 1.54) is 5.56 Å². The Morgan fingerprint density at radius 1 is 1.04 bits per heavy atom. The van der Waals surface area contributed by atoms with E-state index in [1.807, 2.05) is 11.0 Å². The highest BCUT2D eigenvalue weighted by atomic mass is 16.5. The Morgan fingerprint density at radius 3 is 2.39 bits per heavy atom. The molecule has 1 heterocycles. The summed E-state index contributed by atoms with van der Waals surface area (Å²) in [6.07, 6.45) is 1.33. The fourth-order valence-corrected chi connectivity index (χ4v) is 2.77. The molecule has 1 aliphatic heterocycles. The van der Waals surface area contributed by atoms with Crippen LogP contribution in [0, 0.1) is 0 Å². The molecule has 1 saturated heterocycles. The van der Waals surface area contributed by atoms with E-state index in [9.17, 15) is 9.59 Å². The number of hydrogen-bond acceptors (Lipinski definition) is 4. The zero-order chi connectivity index (χ0) is 16.5. The van der Waals surface area contributed by atoms with Crippen molar-refractivity contribution in [3.8, 4) is 0 Å². The molecule has 0 unspecified atom stereocenters. The van der Waals surface area contributed by atoms with Gasteiger partial charge in [-0.3, -0.25) is 14.5 Å². The summed E-state index contributed by atoms with van der Waals surface area (Å²) in [5.41, 5.74) is 1.31. The van der Waals surface area contributed by atoms with E-state index in [0.717, 1.165) is 32.7 Å². The Bertz CT molecular complexity index is 496. The number of hydrogen-bond donors (Lipinski definition) is 0. The molecular formula is C18H26N2O3. The van der Waals surface area contributed by atoms with E-state index in [0.29, 0.717) is 25.9 Å². The monoisotopic (exact) mass is 318 g/mol. The van der Waals surface area contributed by atoms with Crippen LogP contribution in [0.4, 0.5) is 0 Å². The highest BCUT2D eigenvalue weighted by Gasteiger charge is 2.20. The van der Waals surface area contributed by atoms with Crippen LogP contribution in [0.25, 0.3) is 0 Å². The molecule has 23 heavy (non-hydrogen) atoms. The Kier molecular flexibility index (Phi) is 7.07. The number of amides is 1. The molecule has 2 rings (SSSR count). The second kappa shape index (κ2) is 9.30. The summed E-state index contributed by atoms with van der Waals surface area (Å²) in [5, 5.41) is 0. The van der Waals surface area contributed by atoms with Gasteiger partial charge in [0.15, 0.2) is 0 Å². The standard InChI is InChI=1S/C18H26N2O3/c1-2-23-18(22)10-6-9-17(21)20-13-11-19(12-14-20)15-16-7-4-3-5-8-16/h3-5,7-8H,2,6,9-15H2,1H3. The first kappa shape index (κ1) is 17.5. The van der Waals surface area contributed by atoms with Crippen molar-refractivity contribution >= 4 is 11.9 Å². The predicted molar refractivity (Wildman–Crippen MR) is 88.8 cm³/mol. The van der Waals surface area contributed by atoms with Crippen LogP contribution in [0.5, 0.6) is 0 Å². The maximum absolute atomic E-state index is 12.2. The van der Waals surface area contributed by atoms with Crippen molar-refractivity contribution in [1.29, 1.82) is 0 Å². The van der Waals surface area contributed by atoms with Crippen LogP contribution in [-0.4, -0.2) is 54.5 Å². The SMILES string of the molecule is CCOC(=O)CCCC(=O)N1CCN(Cc2ccccc2)CC1. The minimum atomic E-state index is -0.215. The van der Waals surface area contributed by atoms with Gasteiger partial charge in [0.25, 0.3) is 0 Å². The van der Waals surface area contributed by atoms with Crippen molar-refractivity contribution in [2.24, 2.45) is 0 Å². The van der Waals surface area contributed by atoms with Crippen molar-refractivity contribution in [3.63, 3.8) is 0 Å². The van der Waals surface area contributed by atoms with E-state index in [1.54, 1.807) is 6.92 Å². The van der Waals surface area contributed by atoms with E-state index < -0.39 is 0 Å². The van der Waals surface area contributed by atoms with Gasteiger partial charge in [-0.2, -0.15) is 0 Å². The molecule has 0 atom stereocenters. The Labute approximate surface area is 138 Å². The zero-order valence-corrected chi connectivity index (χ0v) is 13.9. The minimum Gasteiger partial charge on any atom is -0.466 e. The molecule has 0 N–H and O–H groups in total. The number of ether oxygens (including phenoxy) is 1. The lowest BCUT2D eigenvalue weighted by molar-refractivity contribution is -0.143. The van der Waals surface area contributed by atoms with E-state index in [-0.39, 0.29) is 11.9 Å². The van der Waals surface area contributed by atoms with Crippen LogP contribution in [0.3, 0.4) is 0 Å². The van der Waals surface area contributed by atoms with E-state index in [4.69, 9.17) is 4.74 Å². The van der Waals surface area contributed by atoms with Gasteiger partial charge < -0.3 is 9.64 Å². The normalized spacial score (nSPS) is 15.4. The molecule has 1 aromatic rings. The van der Waals surface area contributed by atoms with Gasteiger partial charge in [0.05, 0.1) is 6.61 Å². The number of carbonyl (C=O) groups excluding carboxylic acids is 2. The van der Waals surface area contributed by atoms with Crippen molar-refractivity contribution in [3.05, 3.63) is 35.9 Å². The molecule has 0 spiro atoms. The van der Waals surface area contributed by atoms with Gasteiger partial charge >= 0.3 is 5.97 Å². The molecule has 1 aliphatic rings. The third kappa shape index (κ3) is 6.02. The fraction of sp³-hybridized carbons (Fsp3) is 0.556. The first-order valence-electron chi connectivity index (χ1n) is 8.38. The van der Waals surface area contributed by atoms with Gasteiger partial charge in [-0.15, -0.1) is 0 Å². The second-order valence-electron chi connectivity index (χ2n) is 5.80. The lowest BCUT2D eigenvalue weighted by atomic mass is 10.2. The molecule has 0 aromatic heterocycles. The van der Waals surface area contributed by atoms with Crippen molar-refractivity contribution < 1.29 is 14.3 Å². The number of nitrogens with zero attached hydrogens (tertiary/aromatic N) is 2. The van der Waals surface area contributed by atoms with Gasteiger partial charge in [0.1, 0.15) is 0 Å². The number of piperazine rings is 1. The summed E-state index contributed by atoms with van der Waals surface area (Å²) < 4.78 is 4.87. The number of benzene rings is 1. The van der Waals surface area contributed by atoms with Crippen LogP contribution >= 0.6 is 0 Å². The average Bonchev–Trinajstić information content (AvgIpc) is 2.56. The third-order valence-corrected chi connectivity index (χ3v) is 4.05. The molecule has 0 aliphatic carbocycles. The molecule has 5 nitrogen and oxygen atoms in total. The highest BCUT2D eigenvalue weighted by molar-refractivity contribution is 5.77. The average molecular weight is 318 g/mol. The first-order chi connectivity index (χ1) is 11.2. The van der Waals surface area contributed by atoms with Crippen LogP contribution < -0.4 is 0 Å². The molecule has 0 saturated carbocycles. The largest absolute Gasteiger partial charge is 0.466 e. The molecular weight excluding hydrogens is 292 g/mol. The summed E-state index contributed by atoms with van der Waals surface area (Å²) in [7, 11) is 0. The number of rotatable bonds is 7. The van der Waals surface area contributed by atoms with Crippen LogP contribution in [0.15, 0.2) is 30.3 Å². The summed E-state index contributed by atoms with van der Waals surface area (Å²) in [6.45, 7) is 6.47. The molecule has 5 heteroatoms. The van der Waals surface area contributed by atoms with Gasteiger partial charge in [-0.1, -0.05) is 30.3 Å². The van der Waals surface area contributed by atoms with Crippen molar-refractivity contribution in [1.82, 2.24) is 9.80 Å². The Morgan fingerprint density at radius 2 is 1.74 bits per heavy atom. The first-order valence-corrected chi connectivity index (χ1v) is 8.38. The van der Waals surface area contributed by atoms with Crippen LogP contribution in [0.1, 0.15) is 31.7 Å². The van der Waals surface area contributed by atoms with Gasteiger partial charge in [0.2, 0.25) is 5.91 Å². The maximum atomic E-state index is 12.2.